The fourth-order valence-electron chi connectivity index (χ4n) is 2.92. The molecule has 0 spiro atoms. The van der Waals surface area contributed by atoms with Crippen LogP contribution in [0, 0.1) is 0 Å². The normalized spacial score (nSPS) is 10.3. The van der Waals surface area contributed by atoms with E-state index >= 15 is 0 Å². The summed E-state index contributed by atoms with van der Waals surface area (Å²) in [5.41, 5.74) is 1.52. The Balaban J connectivity index is 0.00000118. The Morgan fingerprint density at radius 2 is 1.42 bits per heavy atom. The van der Waals surface area contributed by atoms with Gasteiger partial charge in [0.2, 0.25) is 0 Å². The number of aromatic nitrogens is 1. The van der Waals surface area contributed by atoms with Gasteiger partial charge in [-0.05, 0) is 25.0 Å². The molecule has 0 aliphatic carbocycles. The van der Waals surface area contributed by atoms with E-state index < -0.39 is 5.97 Å². The Bertz CT molecular complexity index is 394. The van der Waals surface area contributed by atoms with E-state index in [-0.39, 0.29) is 0 Å². The highest BCUT2D eigenvalue weighted by molar-refractivity contribution is 5.62. The van der Waals surface area contributed by atoms with E-state index in [9.17, 15) is 0 Å². The van der Waals surface area contributed by atoms with Crippen molar-refractivity contribution in [3.05, 3.63) is 24.0 Å². The fraction of sp³-hybridized carbons (Fsp3) is 0.762. The molecule has 3 nitrogen and oxygen atoms in total. The van der Waals surface area contributed by atoms with Gasteiger partial charge in [-0.2, -0.15) is 0 Å². The van der Waals surface area contributed by atoms with Crippen molar-refractivity contribution in [1.82, 2.24) is 4.57 Å². The second-order valence-corrected chi connectivity index (χ2v) is 6.64. The van der Waals surface area contributed by atoms with E-state index in [0.717, 1.165) is 6.92 Å². The maximum atomic E-state index is 9.00. The van der Waals surface area contributed by atoms with Gasteiger partial charge in [0.25, 0.3) is 5.97 Å². The molecule has 0 aliphatic heterocycles. The first kappa shape index (κ1) is 22.8. The predicted molar refractivity (Wildman–Crippen MR) is 104 cm³/mol. The summed E-state index contributed by atoms with van der Waals surface area (Å²) >= 11 is 0. The lowest BCUT2D eigenvalue weighted by atomic mass is 10.1. The van der Waals surface area contributed by atoms with Crippen LogP contribution in [-0.2, 0) is 17.8 Å². The molecule has 1 aromatic rings. The van der Waals surface area contributed by atoms with Gasteiger partial charge in [-0.3, -0.25) is 4.79 Å². The lowest BCUT2D eigenvalue weighted by Crippen LogP contribution is -2.01. The molecule has 1 rings (SSSR count). The Morgan fingerprint density at radius 3 is 1.92 bits per heavy atom. The summed E-state index contributed by atoms with van der Waals surface area (Å²) < 4.78 is 2.45. The van der Waals surface area contributed by atoms with Crippen LogP contribution in [-0.4, -0.2) is 15.6 Å². The first-order chi connectivity index (χ1) is 11.6. The quantitative estimate of drug-likeness (QED) is 0.420. The lowest BCUT2D eigenvalue weighted by Gasteiger charge is -2.08. The molecule has 0 amide bonds. The minimum absolute atomic E-state index is 0.833. The van der Waals surface area contributed by atoms with Gasteiger partial charge in [0.15, 0.2) is 0 Å². The van der Waals surface area contributed by atoms with Gasteiger partial charge >= 0.3 is 0 Å². The van der Waals surface area contributed by atoms with Gasteiger partial charge in [-0.15, -0.1) is 0 Å². The van der Waals surface area contributed by atoms with Gasteiger partial charge in [0.05, 0.1) is 0 Å². The minimum Gasteiger partial charge on any atom is -0.481 e. The van der Waals surface area contributed by atoms with Gasteiger partial charge in [-0.25, -0.2) is 0 Å². The number of rotatable bonds is 13. The molecule has 0 aliphatic rings. The van der Waals surface area contributed by atoms with Crippen LogP contribution in [0.2, 0.25) is 0 Å². The zero-order chi connectivity index (χ0) is 18.0. The average molecular weight is 338 g/mol. The molecule has 1 N–H and O–H groups in total. The largest absolute Gasteiger partial charge is 0.481 e. The number of unbranched alkanes of at least 4 members (excludes halogenated alkanes) is 9. The zero-order valence-electron chi connectivity index (χ0n) is 16.2. The topological polar surface area (TPSA) is 42.2 Å². The molecule has 0 aromatic carbocycles. The number of nitrogens with zero attached hydrogens (tertiary/aromatic N) is 1. The number of aliphatic carboxylic acids is 1. The van der Waals surface area contributed by atoms with Crippen molar-refractivity contribution < 1.29 is 9.90 Å². The Kier molecular flexibility index (Phi) is 15.7. The van der Waals surface area contributed by atoms with Crippen molar-refractivity contribution in [1.29, 1.82) is 0 Å². The summed E-state index contributed by atoms with van der Waals surface area (Å²) in [6.45, 7) is 6.85. The third-order valence-corrected chi connectivity index (χ3v) is 4.18. The number of aryl methyl sites for hydroxylation is 2. The predicted octanol–water partition coefficient (Wildman–Crippen LogP) is 6.45. The SMILES string of the molecule is CC(=O)O.CCCCCCCCCCCCn1cccc1CCC. The molecule has 0 saturated heterocycles. The molecule has 1 heterocycles. The molecular weight excluding hydrogens is 298 g/mol. The molecule has 1 aromatic heterocycles. The second-order valence-electron chi connectivity index (χ2n) is 6.64. The van der Waals surface area contributed by atoms with Crippen molar-refractivity contribution in [2.24, 2.45) is 0 Å². The third kappa shape index (κ3) is 14.3. The van der Waals surface area contributed by atoms with Crippen LogP contribution in [0.3, 0.4) is 0 Å². The molecule has 3 heteroatoms. The smallest absolute Gasteiger partial charge is 0.300 e. The van der Waals surface area contributed by atoms with Gasteiger partial charge in [-0.1, -0.05) is 78.1 Å². The number of carboxylic acids is 1. The summed E-state index contributed by atoms with van der Waals surface area (Å²) in [7, 11) is 0. The molecule has 140 valence electrons. The maximum absolute atomic E-state index is 9.00. The Morgan fingerprint density at radius 1 is 0.917 bits per heavy atom. The van der Waals surface area contributed by atoms with E-state index in [4.69, 9.17) is 9.90 Å². The van der Waals surface area contributed by atoms with Crippen molar-refractivity contribution in [2.75, 3.05) is 0 Å². The van der Waals surface area contributed by atoms with Crippen molar-refractivity contribution in [3.63, 3.8) is 0 Å². The first-order valence-corrected chi connectivity index (χ1v) is 9.95. The van der Waals surface area contributed by atoms with Crippen LogP contribution in [0.4, 0.5) is 0 Å². The van der Waals surface area contributed by atoms with E-state index in [1.165, 1.54) is 89.3 Å². The second kappa shape index (κ2) is 16.6. The van der Waals surface area contributed by atoms with Crippen molar-refractivity contribution in [3.8, 4) is 0 Å². The molecule has 0 unspecified atom stereocenters. The van der Waals surface area contributed by atoms with Gasteiger partial charge < -0.3 is 9.67 Å². The highest BCUT2D eigenvalue weighted by atomic mass is 16.4. The highest BCUT2D eigenvalue weighted by Gasteiger charge is 1.99. The Labute approximate surface area is 149 Å². The van der Waals surface area contributed by atoms with E-state index in [1.54, 1.807) is 0 Å². The summed E-state index contributed by atoms with van der Waals surface area (Å²) in [5.74, 6) is -0.833. The standard InChI is InChI=1S/C19H35N.C2H4O2/c1-3-5-6-7-8-9-10-11-12-13-17-20-18-14-16-19(20)15-4-2;1-2(3)4/h14,16,18H,3-13,15,17H2,1-2H3;1H3,(H,3,4). The molecule has 0 saturated carbocycles. The summed E-state index contributed by atoms with van der Waals surface area (Å²) in [4.78, 5) is 9.00. The zero-order valence-corrected chi connectivity index (χ0v) is 16.2. The summed E-state index contributed by atoms with van der Waals surface area (Å²) in [6, 6.07) is 4.47. The number of carboxylic acid groups (broad SMARTS) is 1. The van der Waals surface area contributed by atoms with Crippen LogP contribution < -0.4 is 0 Å². The fourth-order valence-corrected chi connectivity index (χ4v) is 2.92. The molecule has 0 radical (unpaired) electrons. The maximum Gasteiger partial charge on any atom is 0.300 e. The number of carbonyl (C=O) groups is 1. The van der Waals surface area contributed by atoms with E-state index in [0.29, 0.717) is 0 Å². The first-order valence-electron chi connectivity index (χ1n) is 9.95. The van der Waals surface area contributed by atoms with E-state index in [1.807, 2.05) is 0 Å². The van der Waals surface area contributed by atoms with Crippen molar-refractivity contribution in [2.45, 2.75) is 104 Å². The summed E-state index contributed by atoms with van der Waals surface area (Å²) in [6.07, 6.45) is 19.0. The monoisotopic (exact) mass is 337 g/mol. The minimum atomic E-state index is -0.833. The molecule has 0 atom stereocenters. The number of hydrogen-bond acceptors (Lipinski definition) is 1. The van der Waals surface area contributed by atoms with Gasteiger partial charge in [0, 0.05) is 25.4 Å². The molecule has 0 bridgehead atoms. The number of hydrogen-bond donors (Lipinski definition) is 1. The average Bonchev–Trinajstić information content (AvgIpc) is 2.96. The Hall–Kier alpha value is -1.25. The third-order valence-electron chi connectivity index (χ3n) is 4.18. The summed E-state index contributed by atoms with van der Waals surface area (Å²) in [5, 5.41) is 7.42. The van der Waals surface area contributed by atoms with Crippen molar-refractivity contribution >= 4 is 5.97 Å². The highest BCUT2D eigenvalue weighted by Crippen LogP contribution is 2.12. The van der Waals surface area contributed by atoms with Crippen LogP contribution in [0.15, 0.2) is 18.3 Å². The molecular formula is C21H39NO2. The molecule has 0 fully saturated rings. The van der Waals surface area contributed by atoms with Crippen LogP contribution >= 0.6 is 0 Å². The lowest BCUT2D eigenvalue weighted by molar-refractivity contribution is -0.134. The molecule has 24 heavy (non-hydrogen) atoms. The van der Waals surface area contributed by atoms with Crippen LogP contribution in [0.25, 0.3) is 0 Å². The van der Waals surface area contributed by atoms with E-state index in [2.05, 4.69) is 36.7 Å². The van der Waals surface area contributed by atoms with Gasteiger partial charge in [0.1, 0.15) is 0 Å². The van der Waals surface area contributed by atoms with Crippen LogP contribution in [0.1, 0.15) is 97.1 Å². The van der Waals surface area contributed by atoms with Crippen LogP contribution in [0.5, 0.6) is 0 Å².